The fourth-order valence-electron chi connectivity index (χ4n) is 2.53. The first-order chi connectivity index (χ1) is 8.16. The number of hydrogen-bond acceptors (Lipinski definition) is 2. The van der Waals surface area contributed by atoms with Crippen LogP contribution in [0.25, 0.3) is 0 Å². The van der Waals surface area contributed by atoms with Crippen LogP contribution in [0.5, 0.6) is 0 Å². The molecule has 1 rings (SSSR count). The molecule has 0 bridgehead atoms. The molecule has 0 unspecified atom stereocenters. The number of hydrogen-bond donors (Lipinski definition) is 0. The van der Waals surface area contributed by atoms with E-state index in [0.717, 1.165) is 25.7 Å². The van der Waals surface area contributed by atoms with Crippen molar-refractivity contribution in [3.05, 3.63) is 0 Å². The molecule has 0 aromatic rings. The third-order valence-electron chi connectivity index (χ3n) is 3.60. The molecule has 0 aromatic carbocycles. The van der Waals surface area contributed by atoms with Gasteiger partial charge in [-0.15, -0.1) is 0 Å². The van der Waals surface area contributed by atoms with E-state index in [1.54, 1.807) is 4.90 Å². The number of nitrogens with zero attached hydrogens (tertiary/aromatic N) is 2. The summed E-state index contributed by atoms with van der Waals surface area (Å²) in [7, 11) is 0. The second-order valence-corrected chi connectivity index (χ2v) is 5.26. The fraction of sp³-hybridized carbons (Fsp3) is 0.857. The summed E-state index contributed by atoms with van der Waals surface area (Å²) in [6, 6.07) is 2.23. The number of amides is 1. The average molecular weight is 236 g/mol. The molecular weight excluding hydrogens is 212 g/mol. The quantitative estimate of drug-likeness (QED) is 0.707. The van der Waals surface area contributed by atoms with Crippen LogP contribution in [0, 0.1) is 17.2 Å². The van der Waals surface area contributed by atoms with Crippen LogP contribution in [-0.4, -0.2) is 23.4 Å². The lowest BCUT2D eigenvalue weighted by molar-refractivity contribution is -0.137. The largest absolute Gasteiger partial charge is 0.327 e. The van der Waals surface area contributed by atoms with Crippen molar-refractivity contribution < 1.29 is 4.79 Å². The summed E-state index contributed by atoms with van der Waals surface area (Å²) in [5.74, 6) is 0.356. The smallest absolute Gasteiger partial charge is 0.226 e. The van der Waals surface area contributed by atoms with Crippen LogP contribution in [0.4, 0.5) is 0 Å². The van der Waals surface area contributed by atoms with Crippen LogP contribution in [0.3, 0.4) is 0 Å². The van der Waals surface area contributed by atoms with Crippen LogP contribution < -0.4 is 0 Å². The molecule has 96 valence electrons. The second-order valence-electron chi connectivity index (χ2n) is 5.26. The second kappa shape index (κ2) is 7.32. The van der Waals surface area contributed by atoms with Crippen molar-refractivity contribution in [2.75, 3.05) is 6.54 Å². The maximum absolute atomic E-state index is 12.4. The lowest BCUT2D eigenvalue weighted by atomic mass is 9.90. The van der Waals surface area contributed by atoms with Gasteiger partial charge < -0.3 is 4.90 Å². The van der Waals surface area contributed by atoms with Crippen molar-refractivity contribution >= 4 is 5.91 Å². The Morgan fingerprint density at radius 2 is 1.76 bits per heavy atom. The summed E-state index contributed by atoms with van der Waals surface area (Å²) in [6.45, 7) is 4.20. The summed E-state index contributed by atoms with van der Waals surface area (Å²) in [5.41, 5.74) is 0. The fourth-order valence-corrected chi connectivity index (χ4v) is 2.53. The molecule has 0 aliphatic heterocycles. The Hall–Kier alpha value is -1.04. The lowest BCUT2D eigenvalue weighted by Crippen LogP contribution is -2.41. The van der Waals surface area contributed by atoms with Crippen molar-refractivity contribution in [2.45, 2.75) is 64.8 Å². The molecule has 1 fully saturated rings. The van der Waals surface area contributed by atoms with Gasteiger partial charge in [-0.2, -0.15) is 5.26 Å². The Bertz CT molecular complexity index is 272. The number of carbonyl (C=O) groups is 1. The van der Waals surface area contributed by atoms with Gasteiger partial charge in [-0.3, -0.25) is 4.79 Å². The van der Waals surface area contributed by atoms with E-state index in [9.17, 15) is 4.79 Å². The predicted molar refractivity (Wildman–Crippen MR) is 68.3 cm³/mol. The highest BCUT2D eigenvalue weighted by atomic mass is 16.2. The van der Waals surface area contributed by atoms with Crippen molar-refractivity contribution in [2.24, 2.45) is 5.92 Å². The predicted octanol–water partition coefficient (Wildman–Crippen LogP) is 3.11. The third kappa shape index (κ3) is 4.38. The summed E-state index contributed by atoms with van der Waals surface area (Å²) < 4.78 is 0. The van der Waals surface area contributed by atoms with E-state index in [4.69, 9.17) is 5.26 Å². The molecule has 0 heterocycles. The zero-order valence-corrected chi connectivity index (χ0v) is 11.1. The van der Waals surface area contributed by atoms with Gasteiger partial charge in [0.05, 0.1) is 6.07 Å². The van der Waals surface area contributed by atoms with Crippen molar-refractivity contribution in [1.82, 2.24) is 4.90 Å². The maximum atomic E-state index is 12.4. The highest BCUT2D eigenvalue weighted by Gasteiger charge is 2.25. The van der Waals surface area contributed by atoms with Crippen molar-refractivity contribution in [1.29, 1.82) is 5.26 Å². The zero-order chi connectivity index (χ0) is 12.7. The Labute approximate surface area is 105 Å². The van der Waals surface area contributed by atoms with Crippen LogP contribution in [0.1, 0.15) is 58.8 Å². The Kier molecular flexibility index (Phi) is 6.04. The first kappa shape index (κ1) is 14.0. The molecule has 0 radical (unpaired) electrons. The van der Waals surface area contributed by atoms with Crippen LogP contribution in [-0.2, 0) is 4.79 Å². The number of nitriles is 1. The van der Waals surface area contributed by atoms with Gasteiger partial charge in [0.2, 0.25) is 5.91 Å². The molecule has 17 heavy (non-hydrogen) atoms. The summed E-state index contributed by atoms with van der Waals surface area (Å²) >= 11 is 0. The van der Waals surface area contributed by atoms with E-state index >= 15 is 0 Å². The number of carbonyl (C=O) groups excluding carboxylic acids is 1. The molecule has 0 aromatic heterocycles. The van der Waals surface area contributed by atoms with E-state index in [2.05, 4.69) is 6.07 Å². The Morgan fingerprint density at radius 1 is 1.24 bits per heavy atom. The van der Waals surface area contributed by atoms with Gasteiger partial charge >= 0.3 is 0 Å². The Balaban J connectivity index is 2.60. The van der Waals surface area contributed by atoms with Crippen molar-refractivity contribution in [3.8, 4) is 6.07 Å². The van der Waals surface area contributed by atoms with Crippen molar-refractivity contribution in [3.63, 3.8) is 0 Å². The van der Waals surface area contributed by atoms with Crippen LogP contribution in [0.15, 0.2) is 0 Å². The van der Waals surface area contributed by atoms with Gasteiger partial charge in [-0.1, -0.05) is 32.1 Å². The lowest BCUT2D eigenvalue weighted by Gasteiger charge is -2.29. The Morgan fingerprint density at radius 3 is 2.24 bits per heavy atom. The normalized spacial score (nSPS) is 18.2. The molecule has 0 spiro atoms. The van der Waals surface area contributed by atoms with Gasteiger partial charge in [0, 0.05) is 12.0 Å². The van der Waals surface area contributed by atoms with Gasteiger partial charge in [0.1, 0.15) is 6.54 Å². The van der Waals surface area contributed by atoms with Crippen LogP contribution >= 0.6 is 0 Å². The molecule has 1 aliphatic rings. The molecule has 0 saturated heterocycles. The molecule has 0 N–H and O–H groups in total. The maximum Gasteiger partial charge on any atom is 0.226 e. The van der Waals surface area contributed by atoms with E-state index in [1.165, 1.54) is 19.3 Å². The standard InChI is InChI=1S/C14H24N2O/c1-12(2)16(11-10-15)14(17)13-8-6-4-3-5-7-9-13/h12-13H,3-9,11H2,1-2H3. The average Bonchev–Trinajstić information content (AvgIpc) is 2.24. The molecule has 0 atom stereocenters. The molecule has 1 aliphatic carbocycles. The molecule has 1 amide bonds. The minimum absolute atomic E-state index is 0.132. The first-order valence-corrected chi connectivity index (χ1v) is 6.84. The van der Waals surface area contributed by atoms with Gasteiger partial charge in [0.25, 0.3) is 0 Å². The molecule has 3 heteroatoms. The monoisotopic (exact) mass is 236 g/mol. The minimum Gasteiger partial charge on any atom is -0.327 e. The molecular formula is C14H24N2O. The zero-order valence-electron chi connectivity index (χ0n) is 11.1. The van der Waals surface area contributed by atoms with E-state index < -0.39 is 0 Å². The topological polar surface area (TPSA) is 44.1 Å². The van der Waals surface area contributed by atoms with Crippen LogP contribution in [0.2, 0.25) is 0 Å². The first-order valence-electron chi connectivity index (χ1n) is 6.84. The highest BCUT2D eigenvalue weighted by Crippen LogP contribution is 2.24. The minimum atomic E-state index is 0.132. The summed E-state index contributed by atoms with van der Waals surface area (Å²) in [5, 5.41) is 8.79. The highest BCUT2D eigenvalue weighted by molar-refractivity contribution is 5.79. The third-order valence-corrected chi connectivity index (χ3v) is 3.60. The van der Waals surface area contributed by atoms with E-state index in [0.29, 0.717) is 0 Å². The van der Waals surface area contributed by atoms with E-state index in [1.807, 2.05) is 13.8 Å². The molecule has 3 nitrogen and oxygen atoms in total. The van der Waals surface area contributed by atoms with Gasteiger partial charge in [-0.25, -0.2) is 0 Å². The van der Waals surface area contributed by atoms with Gasteiger partial charge in [-0.05, 0) is 26.7 Å². The van der Waals surface area contributed by atoms with E-state index in [-0.39, 0.29) is 24.4 Å². The summed E-state index contributed by atoms with van der Waals surface area (Å²) in [4.78, 5) is 14.1. The van der Waals surface area contributed by atoms with Gasteiger partial charge in [0.15, 0.2) is 0 Å². The summed E-state index contributed by atoms with van der Waals surface area (Å²) in [6.07, 6.45) is 8.16. The SMILES string of the molecule is CC(C)N(CC#N)C(=O)C1CCCCCCC1. The molecule has 1 saturated carbocycles. The number of rotatable bonds is 3.